The summed E-state index contributed by atoms with van der Waals surface area (Å²) in [5, 5.41) is 19.7. The summed E-state index contributed by atoms with van der Waals surface area (Å²) >= 11 is 0. The Labute approximate surface area is 214 Å². The lowest BCUT2D eigenvalue weighted by Gasteiger charge is -2.37. The van der Waals surface area contributed by atoms with Crippen molar-refractivity contribution >= 4 is 30.5 Å². The molecule has 0 saturated carbocycles. The van der Waals surface area contributed by atoms with Gasteiger partial charge in [-0.15, -0.1) is 0 Å². The van der Waals surface area contributed by atoms with Gasteiger partial charge in [-0.3, -0.25) is 19.7 Å². The van der Waals surface area contributed by atoms with Crippen molar-refractivity contribution in [1.82, 2.24) is 14.9 Å². The van der Waals surface area contributed by atoms with Crippen LogP contribution in [0.5, 0.6) is 5.75 Å². The van der Waals surface area contributed by atoms with Gasteiger partial charge in [0, 0.05) is 31.8 Å². The van der Waals surface area contributed by atoms with Crippen LogP contribution >= 0.6 is 0 Å². The molecule has 1 aromatic carbocycles. The highest BCUT2D eigenvalue weighted by molar-refractivity contribution is 6.67. The van der Waals surface area contributed by atoms with Crippen molar-refractivity contribution in [2.75, 3.05) is 18.5 Å². The first-order valence-electron chi connectivity index (χ1n) is 11.8. The number of pyridine rings is 2. The van der Waals surface area contributed by atoms with Gasteiger partial charge in [0.1, 0.15) is 23.1 Å². The third-order valence-corrected chi connectivity index (χ3v) is 6.57. The number of amides is 1. The van der Waals surface area contributed by atoms with Crippen LogP contribution in [-0.2, 0) is 4.79 Å². The van der Waals surface area contributed by atoms with Gasteiger partial charge in [0.05, 0.1) is 23.0 Å². The number of carbonyl (C=O) groups is 1. The first kappa shape index (κ1) is 25.8. The lowest BCUT2D eigenvalue weighted by atomic mass is 9.43. The molecule has 1 aliphatic rings. The number of aromatic nitrogens is 2. The molecule has 8 nitrogen and oxygen atoms in total. The molecule has 11 heteroatoms. The maximum Gasteiger partial charge on any atom is 0.271 e. The second-order valence-electron chi connectivity index (χ2n) is 8.90. The quantitative estimate of drug-likeness (QED) is 0.241. The lowest BCUT2D eigenvalue weighted by molar-refractivity contribution is -0.106. The Morgan fingerprint density at radius 1 is 1.35 bits per heavy atom. The van der Waals surface area contributed by atoms with Crippen molar-refractivity contribution in [3.63, 3.8) is 0 Å². The molecule has 37 heavy (non-hydrogen) atoms. The maximum absolute atomic E-state index is 15.6. The normalized spacial score (nSPS) is 15.9. The largest absolute Gasteiger partial charge is 0.507 e. The summed E-state index contributed by atoms with van der Waals surface area (Å²) in [6, 6.07) is 6.39. The number of phenols is 1. The van der Waals surface area contributed by atoms with E-state index < -0.39 is 28.6 Å². The van der Waals surface area contributed by atoms with Crippen molar-refractivity contribution in [3.8, 4) is 23.0 Å². The standard InChI is InChI=1S/C26H25BF2N6O2/c1-16-7-9-32-13-21(16)35(15-36)26-18(25(31-3)34-10-8-27(14-30)12-17(34)2)11-20(29)24(33-26)23-19(28)5-4-6-22(23)37/h4-7,9,11,13,15,17,37H,8,10,12H2,1-3H3. The number of aryl methyl sites for hydroxylation is 1. The second-order valence-corrected chi connectivity index (χ2v) is 8.90. The first-order valence-corrected chi connectivity index (χ1v) is 11.8. The van der Waals surface area contributed by atoms with E-state index in [2.05, 4.69) is 20.9 Å². The first-order chi connectivity index (χ1) is 17.8. The molecule has 0 radical (unpaired) electrons. The van der Waals surface area contributed by atoms with Crippen LogP contribution in [0, 0.1) is 29.8 Å². The van der Waals surface area contributed by atoms with Gasteiger partial charge in [-0.25, -0.2) is 19.0 Å². The van der Waals surface area contributed by atoms with Crippen molar-refractivity contribution in [1.29, 1.82) is 5.26 Å². The van der Waals surface area contributed by atoms with E-state index in [9.17, 15) is 19.6 Å². The van der Waals surface area contributed by atoms with Crippen LogP contribution in [-0.4, -0.2) is 58.6 Å². The number of nitriles is 1. The minimum Gasteiger partial charge on any atom is -0.507 e. The topological polar surface area (TPSA) is 106 Å². The minimum atomic E-state index is -0.895. The summed E-state index contributed by atoms with van der Waals surface area (Å²) < 4.78 is 30.4. The number of aliphatic imine (C=N–C) groups is 1. The molecule has 0 spiro atoms. The Morgan fingerprint density at radius 3 is 2.76 bits per heavy atom. The van der Waals surface area contributed by atoms with Crippen molar-refractivity contribution in [3.05, 3.63) is 65.5 Å². The monoisotopic (exact) mass is 502 g/mol. The number of anilines is 2. The van der Waals surface area contributed by atoms with Gasteiger partial charge in [-0.2, -0.15) is 0 Å². The van der Waals surface area contributed by atoms with E-state index in [0.717, 1.165) is 12.1 Å². The Bertz CT molecular complexity index is 1390. The van der Waals surface area contributed by atoms with Crippen LogP contribution in [0.15, 0.2) is 47.7 Å². The third-order valence-electron chi connectivity index (χ3n) is 6.57. The van der Waals surface area contributed by atoms with Gasteiger partial charge >= 0.3 is 0 Å². The van der Waals surface area contributed by atoms with Crippen LogP contribution in [0.4, 0.5) is 20.3 Å². The van der Waals surface area contributed by atoms with Gasteiger partial charge in [-0.1, -0.05) is 6.07 Å². The SMILES string of the molecule is CN=C(c1cc(F)c(-c2c(O)cccc2F)nc1N(C=O)c1cnccc1C)N1CCB(C#N)CC1C. The van der Waals surface area contributed by atoms with Crippen molar-refractivity contribution < 1.29 is 18.7 Å². The molecular weight excluding hydrogens is 477 g/mol. The minimum absolute atomic E-state index is 0.000333. The molecule has 2 aromatic heterocycles. The van der Waals surface area contributed by atoms with E-state index in [-0.39, 0.29) is 24.1 Å². The predicted octanol–water partition coefficient (Wildman–Crippen LogP) is 4.37. The highest BCUT2D eigenvalue weighted by Gasteiger charge is 2.33. The van der Waals surface area contributed by atoms with Gasteiger partial charge in [0.25, 0.3) is 6.71 Å². The molecule has 3 heterocycles. The average molecular weight is 502 g/mol. The Hall–Kier alpha value is -4.33. The summed E-state index contributed by atoms with van der Waals surface area (Å²) in [7, 11) is 1.55. The zero-order valence-corrected chi connectivity index (χ0v) is 20.7. The molecule has 1 N–H and O–H groups in total. The molecular formula is C26H25BF2N6O2. The van der Waals surface area contributed by atoms with E-state index >= 15 is 4.39 Å². The fourth-order valence-corrected chi connectivity index (χ4v) is 4.69. The van der Waals surface area contributed by atoms with Crippen molar-refractivity contribution in [2.24, 2.45) is 4.99 Å². The van der Waals surface area contributed by atoms with Crippen LogP contribution in [0.1, 0.15) is 18.1 Å². The van der Waals surface area contributed by atoms with E-state index in [4.69, 9.17) is 0 Å². The summed E-state index contributed by atoms with van der Waals surface area (Å²) in [5.74, 6) is 0.434. The Morgan fingerprint density at radius 2 is 2.14 bits per heavy atom. The van der Waals surface area contributed by atoms with E-state index in [0.29, 0.717) is 42.7 Å². The lowest BCUT2D eigenvalue weighted by Crippen LogP contribution is -2.47. The Kier molecular flexibility index (Phi) is 7.48. The summed E-state index contributed by atoms with van der Waals surface area (Å²) in [4.78, 5) is 28.6. The zero-order valence-electron chi connectivity index (χ0n) is 20.7. The maximum atomic E-state index is 15.6. The highest BCUT2D eigenvalue weighted by Crippen LogP contribution is 2.37. The van der Waals surface area contributed by atoms with Crippen LogP contribution in [0.25, 0.3) is 11.3 Å². The van der Waals surface area contributed by atoms with Gasteiger partial charge in [0.2, 0.25) is 6.41 Å². The number of rotatable bonds is 5. The molecule has 0 aliphatic carbocycles. The van der Waals surface area contributed by atoms with Crippen LogP contribution in [0.3, 0.4) is 0 Å². The molecule has 1 atom stereocenters. The number of carbonyl (C=O) groups excluding carboxylic acids is 1. The van der Waals surface area contributed by atoms with Crippen LogP contribution < -0.4 is 4.90 Å². The molecule has 1 fully saturated rings. The molecule has 0 bridgehead atoms. The molecule has 4 rings (SSSR count). The number of halogens is 2. The molecule has 3 aromatic rings. The summed E-state index contributed by atoms with van der Waals surface area (Å²) in [6.45, 7) is 4.13. The highest BCUT2D eigenvalue weighted by atomic mass is 19.1. The number of benzene rings is 1. The zero-order chi connectivity index (χ0) is 26.7. The molecule has 1 amide bonds. The molecule has 188 valence electrons. The number of amidine groups is 1. The van der Waals surface area contributed by atoms with Gasteiger partial charge in [-0.05, 0) is 56.3 Å². The summed E-state index contributed by atoms with van der Waals surface area (Å²) in [5.41, 5.74) is 0.437. The third kappa shape index (κ3) is 4.87. The second kappa shape index (κ2) is 10.7. The number of nitrogens with zero attached hydrogens (tertiary/aromatic N) is 6. The van der Waals surface area contributed by atoms with E-state index in [1.807, 2.05) is 11.8 Å². The van der Waals surface area contributed by atoms with Crippen LogP contribution in [0.2, 0.25) is 12.6 Å². The summed E-state index contributed by atoms with van der Waals surface area (Å²) in [6.07, 6.45) is 4.77. The number of hydrogen-bond acceptors (Lipinski definition) is 6. The average Bonchev–Trinajstić information content (AvgIpc) is 2.88. The smallest absolute Gasteiger partial charge is 0.271 e. The predicted molar refractivity (Wildman–Crippen MR) is 138 cm³/mol. The number of aromatic hydroxyl groups is 1. The molecule has 1 unspecified atom stereocenters. The van der Waals surface area contributed by atoms with Crippen molar-refractivity contribution in [2.45, 2.75) is 32.5 Å². The van der Waals surface area contributed by atoms with Gasteiger partial charge < -0.3 is 10.0 Å². The number of hydrogen-bond donors (Lipinski definition) is 1. The molecule has 1 saturated heterocycles. The number of phenolic OH excluding ortho intramolecular Hbond substituents is 1. The van der Waals surface area contributed by atoms with E-state index in [1.165, 1.54) is 23.2 Å². The Balaban J connectivity index is 1.96. The fraction of sp³-hybridized carbons (Fsp3) is 0.269. The van der Waals surface area contributed by atoms with E-state index in [1.54, 1.807) is 26.2 Å². The fourth-order valence-electron chi connectivity index (χ4n) is 4.69. The molecule has 1 aliphatic heterocycles. The van der Waals surface area contributed by atoms with Gasteiger partial charge in [0.15, 0.2) is 11.6 Å².